The highest BCUT2D eigenvalue weighted by Crippen LogP contribution is 2.14. The molecular weight excluding hydrogens is 180 g/mol. The fourth-order valence-corrected chi connectivity index (χ4v) is 1.01. The molecule has 4 nitrogen and oxygen atoms in total. The summed E-state index contributed by atoms with van der Waals surface area (Å²) in [5.41, 5.74) is 6.18. The Hall–Kier alpha value is -1.71. The zero-order chi connectivity index (χ0) is 10.6. The molecule has 0 aliphatic carbocycles. The minimum Gasteiger partial charge on any atom is -0.399 e. The van der Waals surface area contributed by atoms with Gasteiger partial charge < -0.3 is 10.6 Å². The summed E-state index contributed by atoms with van der Waals surface area (Å²) in [4.78, 5) is 16.3. The number of rotatable bonds is 3. The van der Waals surface area contributed by atoms with Crippen molar-refractivity contribution >= 4 is 11.6 Å². The molecule has 0 aliphatic heterocycles. The van der Waals surface area contributed by atoms with Crippen LogP contribution in [0.15, 0.2) is 24.3 Å². The van der Waals surface area contributed by atoms with Crippen molar-refractivity contribution in [3.8, 4) is 5.75 Å². The van der Waals surface area contributed by atoms with E-state index >= 15 is 0 Å². The zero-order valence-electron chi connectivity index (χ0n) is 8.36. The molecule has 1 aromatic rings. The molecule has 1 rings (SSSR count). The van der Waals surface area contributed by atoms with Crippen LogP contribution in [0.2, 0.25) is 0 Å². The van der Waals surface area contributed by atoms with E-state index in [1.807, 2.05) is 6.92 Å². The quantitative estimate of drug-likeness (QED) is 0.585. The molecule has 14 heavy (non-hydrogen) atoms. The van der Waals surface area contributed by atoms with Crippen molar-refractivity contribution in [3.05, 3.63) is 24.3 Å². The first-order valence-electron chi connectivity index (χ1n) is 4.45. The van der Waals surface area contributed by atoms with Gasteiger partial charge in [-0.2, -0.15) is 5.06 Å². The molecule has 0 aromatic heterocycles. The largest absolute Gasteiger partial charge is 0.399 e. The van der Waals surface area contributed by atoms with Crippen LogP contribution in [0.25, 0.3) is 0 Å². The van der Waals surface area contributed by atoms with E-state index in [0.717, 1.165) is 0 Å². The molecule has 2 N–H and O–H groups in total. The van der Waals surface area contributed by atoms with Gasteiger partial charge >= 0.3 is 0 Å². The number of nitrogens with two attached hydrogens (primary N) is 1. The van der Waals surface area contributed by atoms with Crippen LogP contribution >= 0.6 is 0 Å². The molecule has 1 aromatic carbocycles. The molecule has 0 saturated heterocycles. The summed E-state index contributed by atoms with van der Waals surface area (Å²) in [5, 5.41) is 1.28. The highest BCUT2D eigenvalue weighted by molar-refractivity contribution is 5.72. The number of carbonyl (C=O) groups excluding carboxylic acids is 1. The summed E-state index contributed by atoms with van der Waals surface area (Å²) >= 11 is 0. The van der Waals surface area contributed by atoms with Gasteiger partial charge in [0.15, 0.2) is 5.75 Å². The Labute approximate surface area is 83.2 Å². The Bertz CT molecular complexity index is 308. The van der Waals surface area contributed by atoms with Crippen molar-refractivity contribution in [1.29, 1.82) is 0 Å². The van der Waals surface area contributed by atoms with Crippen LogP contribution in [0.1, 0.15) is 13.8 Å². The molecule has 0 aliphatic rings. The number of benzene rings is 1. The maximum atomic E-state index is 11.0. The van der Waals surface area contributed by atoms with Crippen LogP contribution in [-0.4, -0.2) is 17.5 Å². The SMILES string of the molecule is CCN(Oc1ccc(N)cc1)C(C)=O. The lowest BCUT2D eigenvalue weighted by Crippen LogP contribution is -2.31. The van der Waals surface area contributed by atoms with Gasteiger partial charge in [-0.3, -0.25) is 4.79 Å². The fourth-order valence-electron chi connectivity index (χ4n) is 1.01. The molecule has 0 atom stereocenters. The van der Waals surface area contributed by atoms with Gasteiger partial charge in [0.05, 0.1) is 6.54 Å². The maximum Gasteiger partial charge on any atom is 0.252 e. The van der Waals surface area contributed by atoms with E-state index in [0.29, 0.717) is 18.0 Å². The van der Waals surface area contributed by atoms with Crippen molar-refractivity contribution < 1.29 is 9.63 Å². The summed E-state index contributed by atoms with van der Waals surface area (Å²) in [6, 6.07) is 6.90. The molecule has 4 heteroatoms. The van der Waals surface area contributed by atoms with Crippen LogP contribution in [0.4, 0.5) is 5.69 Å². The molecular formula is C10H14N2O2. The summed E-state index contributed by atoms with van der Waals surface area (Å²) in [6.07, 6.45) is 0. The molecule has 0 bridgehead atoms. The van der Waals surface area contributed by atoms with E-state index < -0.39 is 0 Å². The molecule has 76 valence electrons. The number of hydroxylamine groups is 2. The van der Waals surface area contributed by atoms with E-state index in [1.54, 1.807) is 24.3 Å². The maximum absolute atomic E-state index is 11.0. The van der Waals surface area contributed by atoms with Gasteiger partial charge in [0.2, 0.25) is 0 Å². The highest BCUT2D eigenvalue weighted by atomic mass is 16.7. The summed E-state index contributed by atoms with van der Waals surface area (Å²) < 4.78 is 0. The van der Waals surface area contributed by atoms with Gasteiger partial charge in [0, 0.05) is 12.6 Å². The second-order valence-electron chi connectivity index (χ2n) is 2.87. The predicted octanol–water partition coefficient (Wildman–Crippen LogP) is 1.43. The lowest BCUT2D eigenvalue weighted by molar-refractivity contribution is -0.153. The molecule has 0 unspecified atom stereocenters. The molecule has 1 amide bonds. The number of carbonyl (C=O) groups is 1. The van der Waals surface area contributed by atoms with Crippen LogP contribution in [0.5, 0.6) is 5.75 Å². The van der Waals surface area contributed by atoms with Crippen molar-refractivity contribution in [2.24, 2.45) is 0 Å². The molecule has 0 fully saturated rings. The van der Waals surface area contributed by atoms with E-state index in [-0.39, 0.29) is 5.91 Å². The summed E-state index contributed by atoms with van der Waals surface area (Å²) in [7, 11) is 0. The third kappa shape index (κ3) is 2.65. The van der Waals surface area contributed by atoms with Gasteiger partial charge in [0.25, 0.3) is 5.91 Å². The topological polar surface area (TPSA) is 55.6 Å². The second kappa shape index (κ2) is 4.50. The normalized spacial score (nSPS) is 9.57. The molecule has 0 radical (unpaired) electrons. The van der Waals surface area contributed by atoms with Crippen LogP contribution < -0.4 is 10.6 Å². The van der Waals surface area contributed by atoms with Gasteiger partial charge in [-0.1, -0.05) is 0 Å². The Balaban J connectivity index is 2.67. The van der Waals surface area contributed by atoms with Gasteiger partial charge in [-0.15, -0.1) is 0 Å². The Morgan fingerprint density at radius 2 is 2.00 bits per heavy atom. The first kappa shape index (κ1) is 10.4. The zero-order valence-corrected chi connectivity index (χ0v) is 8.36. The predicted molar refractivity (Wildman–Crippen MR) is 54.5 cm³/mol. The van der Waals surface area contributed by atoms with Crippen molar-refractivity contribution in [2.45, 2.75) is 13.8 Å². The number of anilines is 1. The number of hydrogen-bond donors (Lipinski definition) is 1. The fraction of sp³-hybridized carbons (Fsp3) is 0.300. The number of nitrogen functional groups attached to an aromatic ring is 1. The first-order valence-corrected chi connectivity index (χ1v) is 4.45. The number of nitrogens with zero attached hydrogens (tertiary/aromatic N) is 1. The lowest BCUT2D eigenvalue weighted by Gasteiger charge is -2.18. The van der Waals surface area contributed by atoms with Crippen molar-refractivity contribution in [1.82, 2.24) is 5.06 Å². The number of amides is 1. The van der Waals surface area contributed by atoms with Crippen LogP contribution in [0.3, 0.4) is 0 Å². The Morgan fingerprint density at radius 3 is 2.43 bits per heavy atom. The first-order chi connectivity index (χ1) is 6.63. The summed E-state index contributed by atoms with van der Waals surface area (Å²) in [6.45, 7) is 3.82. The third-order valence-electron chi connectivity index (χ3n) is 1.73. The minimum absolute atomic E-state index is 0.121. The van der Waals surface area contributed by atoms with E-state index in [1.165, 1.54) is 12.0 Å². The average Bonchev–Trinajstić information content (AvgIpc) is 2.16. The van der Waals surface area contributed by atoms with Gasteiger partial charge in [-0.25, -0.2) is 0 Å². The average molecular weight is 194 g/mol. The minimum atomic E-state index is -0.121. The standard InChI is InChI=1S/C10H14N2O2/c1-3-12(8(2)13)14-10-6-4-9(11)5-7-10/h4-7H,3,11H2,1-2H3. The Morgan fingerprint density at radius 1 is 1.43 bits per heavy atom. The molecule has 0 spiro atoms. The highest BCUT2D eigenvalue weighted by Gasteiger charge is 2.07. The number of hydrogen-bond acceptors (Lipinski definition) is 3. The van der Waals surface area contributed by atoms with Crippen LogP contribution in [0, 0.1) is 0 Å². The Kier molecular flexibility index (Phi) is 3.34. The molecule has 0 heterocycles. The van der Waals surface area contributed by atoms with Crippen molar-refractivity contribution in [3.63, 3.8) is 0 Å². The lowest BCUT2D eigenvalue weighted by atomic mass is 10.3. The van der Waals surface area contributed by atoms with Crippen LogP contribution in [-0.2, 0) is 4.79 Å². The van der Waals surface area contributed by atoms with Gasteiger partial charge in [-0.05, 0) is 31.2 Å². The van der Waals surface area contributed by atoms with E-state index in [9.17, 15) is 4.79 Å². The van der Waals surface area contributed by atoms with E-state index in [2.05, 4.69) is 0 Å². The smallest absolute Gasteiger partial charge is 0.252 e. The third-order valence-corrected chi connectivity index (χ3v) is 1.73. The van der Waals surface area contributed by atoms with E-state index in [4.69, 9.17) is 10.6 Å². The van der Waals surface area contributed by atoms with Crippen molar-refractivity contribution in [2.75, 3.05) is 12.3 Å². The monoisotopic (exact) mass is 194 g/mol. The van der Waals surface area contributed by atoms with Gasteiger partial charge in [0.1, 0.15) is 0 Å². The summed E-state index contributed by atoms with van der Waals surface area (Å²) in [5.74, 6) is 0.487. The molecule has 0 saturated carbocycles. The second-order valence-corrected chi connectivity index (χ2v) is 2.87.